The molecule has 3 aromatic rings. The summed E-state index contributed by atoms with van der Waals surface area (Å²) in [6.45, 7) is 8.16. The molecule has 0 amide bonds. The molecule has 8 rings (SSSR count). The summed E-state index contributed by atoms with van der Waals surface area (Å²) in [6.07, 6.45) is 6.99. The Bertz CT molecular complexity index is 1410. The van der Waals surface area contributed by atoms with E-state index in [9.17, 15) is 10.2 Å². The molecule has 1 atom stereocenters. The van der Waals surface area contributed by atoms with Crippen LogP contribution in [0.5, 0.6) is 5.75 Å². The van der Waals surface area contributed by atoms with Crippen LogP contribution in [-0.2, 0) is 14.7 Å². The average molecular weight is 555 g/mol. The number of ether oxygens (including phenoxy) is 1. The van der Waals surface area contributed by atoms with E-state index in [0.717, 1.165) is 29.0 Å². The molecule has 6 heteroatoms. The van der Waals surface area contributed by atoms with Crippen molar-refractivity contribution in [3.63, 3.8) is 0 Å². The van der Waals surface area contributed by atoms with Gasteiger partial charge in [0.15, 0.2) is 0 Å². The SMILES string of the molecule is CC1(C)OB(c2ccc3cc(-c4ccc(OCC(O)CO)c(C56CC7CC(CC(C7)C5)C6)c4)ccc3c2)OC1(C)C. The van der Waals surface area contributed by atoms with Gasteiger partial charge in [0.25, 0.3) is 0 Å². The van der Waals surface area contributed by atoms with Crippen LogP contribution in [0.1, 0.15) is 71.8 Å². The van der Waals surface area contributed by atoms with Crippen molar-refractivity contribution in [1.29, 1.82) is 0 Å². The lowest BCUT2D eigenvalue weighted by Gasteiger charge is -2.57. The topological polar surface area (TPSA) is 68.2 Å². The number of rotatable bonds is 7. The molecule has 41 heavy (non-hydrogen) atoms. The van der Waals surface area contributed by atoms with Crippen LogP contribution in [0.15, 0.2) is 54.6 Å². The maximum absolute atomic E-state index is 10.0. The van der Waals surface area contributed by atoms with E-state index in [-0.39, 0.29) is 36.9 Å². The van der Waals surface area contributed by atoms with E-state index >= 15 is 0 Å². The largest absolute Gasteiger partial charge is 0.494 e. The molecule has 4 aliphatic carbocycles. The maximum Gasteiger partial charge on any atom is 0.494 e. The number of hydrogen-bond acceptors (Lipinski definition) is 5. The number of hydrogen-bond donors (Lipinski definition) is 2. The molecule has 2 N–H and O–H groups in total. The summed E-state index contributed by atoms with van der Waals surface area (Å²) in [5.41, 5.74) is 4.15. The van der Waals surface area contributed by atoms with Crippen LogP contribution in [-0.4, -0.2) is 47.9 Å². The van der Waals surface area contributed by atoms with Gasteiger partial charge in [0.2, 0.25) is 0 Å². The molecule has 4 bridgehead atoms. The lowest BCUT2D eigenvalue weighted by molar-refractivity contribution is -0.00735. The highest BCUT2D eigenvalue weighted by Crippen LogP contribution is 2.62. The number of benzene rings is 3. The summed E-state index contributed by atoms with van der Waals surface area (Å²) in [7, 11) is -0.371. The maximum atomic E-state index is 10.0. The van der Waals surface area contributed by atoms with Gasteiger partial charge in [-0.3, -0.25) is 0 Å². The molecular formula is C35H43BO5. The van der Waals surface area contributed by atoms with Crippen molar-refractivity contribution < 1.29 is 24.3 Å². The van der Waals surface area contributed by atoms with Crippen LogP contribution in [0.3, 0.4) is 0 Å². The zero-order chi connectivity index (χ0) is 28.6. The fraction of sp³-hybridized carbons (Fsp3) is 0.543. The average Bonchev–Trinajstić information content (AvgIpc) is 3.16. The number of aliphatic hydroxyl groups is 2. The number of aliphatic hydroxyl groups excluding tert-OH is 2. The molecular weight excluding hydrogens is 511 g/mol. The van der Waals surface area contributed by atoms with Gasteiger partial charge in [-0.25, -0.2) is 0 Å². The van der Waals surface area contributed by atoms with E-state index in [1.54, 1.807) is 0 Å². The second-order valence-electron chi connectivity index (χ2n) is 14.5. The van der Waals surface area contributed by atoms with Crippen molar-refractivity contribution in [1.82, 2.24) is 0 Å². The Hall–Kier alpha value is -2.38. The monoisotopic (exact) mass is 554 g/mol. The van der Waals surface area contributed by atoms with Crippen LogP contribution < -0.4 is 10.2 Å². The Morgan fingerprint density at radius 1 is 0.805 bits per heavy atom. The lowest BCUT2D eigenvalue weighted by Crippen LogP contribution is -2.48. The second kappa shape index (κ2) is 9.84. The highest BCUT2D eigenvalue weighted by atomic mass is 16.7. The standard InChI is InChI=1S/C35H43BO5/c1-33(2)34(3,4)41-36(40-33)29-9-7-26-14-25(5-6-27(26)15-29)28-8-10-32(39-21-30(38)20-37)31(16-28)35-17-22-11-23(18-35)13-24(12-22)19-35/h5-10,14-16,22-24,30,37-38H,11-13,17-21H2,1-4H3. The van der Waals surface area contributed by atoms with Crippen molar-refractivity contribution >= 4 is 23.4 Å². The summed E-state index contributed by atoms with van der Waals surface area (Å²) >= 11 is 0. The zero-order valence-corrected chi connectivity index (χ0v) is 24.9. The first-order valence-electron chi connectivity index (χ1n) is 15.5. The molecule has 0 radical (unpaired) electrons. The van der Waals surface area contributed by atoms with E-state index in [4.69, 9.17) is 14.0 Å². The van der Waals surface area contributed by atoms with Crippen molar-refractivity contribution in [3.05, 3.63) is 60.2 Å². The van der Waals surface area contributed by atoms with E-state index in [0.29, 0.717) is 0 Å². The molecule has 1 saturated heterocycles. The highest BCUT2D eigenvalue weighted by Gasteiger charge is 2.53. The molecule has 1 heterocycles. The van der Waals surface area contributed by atoms with Gasteiger partial charge in [-0.2, -0.15) is 0 Å². The predicted octanol–water partition coefficient (Wildman–Crippen LogP) is 6.01. The van der Waals surface area contributed by atoms with Crippen LogP contribution in [0.25, 0.3) is 21.9 Å². The third-order valence-electron chi connectivity index (χ3n) is 11.0. The first kappa shape index (κ1) is 27.5. The molecule has 0 spiro atoms. The van der Waals surface area contributed by atoms with E-state index < -0.39 is 6.10 Å². The van der Waals surface area contributed by atoms with Crippen molar-refractivity contribution in [2.45, 2.75) is 88.9 Å². The lowest BCUT2D eigenvalue weighted by atomic mass is 9.48. The Balaban J connectivity index is 1.22. The van der Waals surface area contributed by atoms with Crippen molar-refractivity contribution in [2.24, 2.45) is 17.8 Å². The van der Waals surface area contributed by atoms with Crippen LogP contribution >= 0.6 is 0 Å². The van der Waals surface area contributed by atoms with Gasteiger partial charge in [-0.1, -0.05) is 36.4 Å². The first-order valence-corrected chi connectivity index (χ1v) is 15.5. The highest BCUT2D eigenvalue weighted by molar-refractivity contribution is 6.62. The minimum atomic E-state index is -0.874. The van der Waals surface area contributed by atoms with Gasteiger partial charge in [0, 0.05) is 5.56 Å². The third kappa shape index (κ3) is 4.81. The van der Waals surface area contributed by atoms with Gasteiger partial charge in [-0.15, -0.1) is 0 Å². The molecule has 5 aliphatic rings. The summed E-state index contributed by atoms with van der Waals surface area (Å²) in [5, 5.41) is 21.8. The van der Waals surface area contributed by atoms with E-state index in [1.807, 2.05) is 0 Å². The Labute approximate surface area is 244 Å². The molecule has 5 nitrogen and oxygen atoms in total. The van der Waals surface area contributed by atoms with Crippen LogP contribution in [0.2, 0.25) is 0 Å². The summed E-state index contributed by atoms with van der Waals surface area (Å²) in [4.78, 5) is 0. The fourth-order valence-corrected chi connectivity index (χ4v) is 8.50. The Kier molecular flexibility index (Phi) is 6.59. The summed E-state index contributed by atoms with van der Waals surface area (Å²) in [5.74, 6) is 3.33. The second-order valence-corrected chi connectivity index (χ2v) is 14.5. The summed E-state index contributed by atoms with van der Waals surface area (Å²) in [6, 6.07) is 19.8. The van der Waals surface area contributed by atoms with Gasteiger partial charge in [0.05, 0.1) is 17.8 Å². The van der Waals surface area contributed by atoms with Crippen molar-refractivity contribution in [3.8, 4) is 16.9 Å². The van der Waals surface area contributed by atoms with Crippen LogP contribution in [0.4, 0.5) is 0 Å². The number of fused-ring (bicyclic) bond motifs is 1. The molecule has 0 aromatic heterocycles. The van der Waals surface area contributed by atoms with Gasteiger partial charge in [0.1, 0.15) is 18.5 Å². The zero-order valence-electron chi connectivity index (χ0n) is 24.9. The molecule has 5 fully saturated rings. The quantitative estimate of drug-likeness (QED) is 0.351. The van der Waals surface area contributed by atoms with Gasteiger partial charge >= 0.3 is 7.12 Å². The first-order chi connectivity index (χ1) is 19.5. The smallest absolute Gasteiger partial charge is 0.490 e. The molecule has 1 aliphatic heterocycles. The third-order valence-corrected chi connectivity index (χ3v) is 11.0. The molecule has 216 valence electrons. The van der Waals surface area contributed by atoms with E-state index in [2.05, 4.69) is 82.3 Å². The van der Waals surface area contributed by atoms with Gasteiger partial charge < -0.3 is 24.3 Å². The predicted molar refractivity (Wildman–Crippen MR) is 164 cm³/mol. The molecule has 1 unspecified atom stereocenters. The molecule has 4 saturated carbocycles. The minimum absolute atomic E-state index is 0.107. The summed E-state index contributed by atoms with van der Waals surface area (Å²) < 4.78 is 18.8. The van der Waals surface area contributed by atoms with Crippen molar-refractivity contribution in [2.75, 3.05) is 13.2 Å². The Morgan fingerprint density at radius 3 is 2.00 bits per heavy atom. The fourth-order valence-electron chi connectivity index (χ4n) is 8.50. The Morgan fingerprint density at radius 2 is 1.37 bits per heavy atom. The van der Waals surface area contributed by atoms with E-state index in [1.165, 1.54) is 66.0 Å². The normalized spacial score (nSPS) is 30.2. The van der Waals surface area contributed by atoms with Crippen LogP contribution in [0, 0.1) is 17.8 Å². The van der Waals surface area contributed by atoms with Gasteiger partial charge in [-0.05, 0) is 135 Å². The minimum Gasteiger partial charge on any atom is -0.490 e. The molecule has 3 aromatic carbocycles.